The van der Waals surface area contributed by atoms with Crippen molar-refractivity contribution in [2.24, 2.45) is 0 Å². The maximum atomic E-state index is 11.9. The predicted molar refractivity (Wildman–Crippen MR) is 75.3 cm³/mol. The molecule has 0 aliphatic carbocycles. The monoisotopic (exact) mass is 282 g/mol. The lowest BCUT2D eigenvalue weighted by atomic mass is 10.1. The van der Waals surface area contributed by atoms with Crippen LogP contribution in [0.15, 0.2) is 30.3 Å². The van der Waals surface area contributed by atoms with Crippen LogP contribution in [0.1, 0.15) is 10.9 Å². The highest BCUT2D eigenvalue weighted by molar-refractivity contribution is 6.30. The first-order valence-corrected chi connectivity index (χ1v) is 6.98. The van der Waals surface area contributed by atoms with Gasteiger partial charge >= 0.3 is 0 Å². The Morgan fingerprint density at radius 3 is 2.68 bits per heavy atom. The molecule has 19 heavy (non-hydrogen) atoms. The van der Waals surface area contributed by atoms with Crippen LogP contribution in [0, 0.1) is 0 Å². The van der Waals surface area contributed by atoms with Crippen LogP contribution in [0.5, 0.6) is 0 Å². The molecule has 1 heterocycles. The number of alkyl halides is 1. The minimum Gasteiger partial charge on any atom is -0.379 e. The molecule has 1 unspecified atom stereocenters. The number of hydrogen-bond acceptors (Lipinski definition) is 3. The second-order valence-electron chi connectivity index (χ2n) is 4.52. The average molecular weight is 283 g/mol. The van der Waals surface area contributed by atoms with Gasteiger partial charge in [-0.3, -0.25) is 9.69 Å². The smallest absolute Gasteiger partial charge is 0.242 e. The van der Waals surface area contributed by atoms with Gasteiger partial charge in [0.1, 0.15) is 5.38 Å². The molecule has 5 heteroatoms. The van der Waals surface area contributed by atoms with E-state index in [4.69, 9.17) is 16.3 Å². The number of rotatable bonds is 5. The molecule has 1 N–H and O–H groups in total. The summed E-state index contributed by atoms with van der Waals surface area (Å²) in [7, 11) is 0. The third kappa shape index (κ3) is 4.49. The normalized spacial score (nSPS) is 17.9. The fourth-order valence-corrected chi connectivity index (χ4v) is 2.25. The van der Waals surface area contributed by atoms with E-state index in [0.717, 1.165) is 38.4 Å². The molecule has 1 aliphatic rings. The molecule has 1 fully saturated rings. The molecule has 1 saturated heterocycles. The Labute approximate surface area is 118 Å². The molecule has 1 amide bonds. The summed E-state index contributed by atoms with van der Waals surface area (Å²) in [6, 6.07) is 9.39. The lowest BCUT2D eigenvalue weighted by Crippen LogP contribution is -2.41. The van der Waals surface area contributed by atoms with Gasteiger partial charge in [-0.05, 0) is 5.56 Å². The van der Waals surface area contributed by atoms with Crippen molar-refractivity contribution in [1.82, 2.24) is 10.2 Å². The van der Waals surface area contributed by atoms with E-state index in [1.165, 1.54) is 0 Å². The minimum atomic E-state index is -0.620. The first kappa shape index (κ1) is 14.3. The Balaban J connectivity index is 1.72. The van der Waals surface area contributed by atoms with Gasteiger partial charge in [-0.2, -0.15) is 0 Å². The third-order valence-corrected chi connectivity index (χ3v) is 3.60. The SMILES string of the molecule is O=C(NCCN1CCOCC1)C(Cl)c1ccccc1. The Bertz CT molecular complexity index is 394. The summed E-state index contributed by atoms with van der Waals surface area (Å²) >= 11 is 6.13. The van der Waals surface area contributed by atoms with Gasteiger partial charge < -0.3 is 10.1 Å². The number of benzene rings is 1. The number of nitrogens with one attached hydrogen (secondary N) is 1. The van der Waals surface area contributed by atoms with Crippen molar-refractivity contribution in [3.8, 4) is 0 Å². The van der Waals surface area contributed by atoms with Crippen LogP contribution < -0.4 is 5.32 Å². The van der Waals surface area contributed by atoms with Crippen LogP contribution in [0.4, 0.5) is 0 Å². The number of amides is 1. The zero-order chi connectivity index (χ0) is 13.5. The molecule has 0 bridgehead atoms. The molecule has 0 radical (unpaired) electrons. The standard InChI is InChI=1S/C14H19ClN2O2/c15-13(12-4-2-1-3-5-12)14(18)16-6-7-17-8-10-19-11-9-17/h1-5,13H,6-11H2,(H,16,18). The molecule has 0 aromatic heterocycles. The van der Waals surface area contributed by atoms with Crippen molar-refractivity contribution < 1.29 is 9.53 Å². The number of hydrogen-bond donors (Lipinski definition) is 1. The largest absolute Gasteiger partial charge is 0.379 e. The van der Waals surface area contributed by atoms with Crippen molar-refractivity contribution in [2.75, 3.05) is 39.4 Å². The topological polar surface area (TPSA) is 41.6 Å². The summed E-state index contributed by atoms with van der Waals surface area (Å²) in [5, 5.41) is 2.26. The second kappa shape index (κ2) is 7.48. The summed E-state index contributed by atoms with van der Waals surface area (Å²) in [4.78, 5) is 14.2. The van der Waals surface area contributed by atoms with E-state index in [1.807, 2.05) is 30.3 Å². The quantitative estimate of drug-likeness (QED) is 0.831. The van der Waals surface area contributed by atoms with Crippen molar-refractivity contribution in [1.29, 1.82) is 0 Å². The number of carbonyl (C=O) groups is 1. The van der Waals surface area contributed by atoms with Crippen LogP contribution in [0.2, 0.25) is 0 Å². The zero-order valence-electron chi connectivity index (χ0n) is 10.8. The zero-order valence-corrected chi connectivity index (χ0v) is 11.6. The Morgan fingerprint density at radius 1 is 1.32 bits per heavy atom. The molecule has 0 spiro atoms. The van der Waals surface area contributed by atoms with Crippen LogP contribution in [0.3, 0.4) is 0 Å². The Hall–Kier alpha value is -1.10. The van der Waals surface area contributed by atoms with Crippen molar-refractivity contribution in [3.05, 3.63) is 35.9 Å². The van der Waals surface area contributed by atoms with Gasteiger partial charge in [-0.15, -0.1) is 11.6 Å². The molecule has 4 nitrogen and oxygen atoms in total. The molecule has 0 saturated carbocycles. The first-order chi connectivity index (χ1) is 9.27. The fourth-order valence-electron chi connectivity index (χ4n) is 2.02. The highest BCUT2D eigenvalue weighted by Crippen LogP contribution is 2.19. The van der Waals surface area contributed by atoms with Gasteiger partial charge in [-0.1, -0.05) is 30.3 Å². The molecule has 1 aromatic rings. The van der Waals surface area contributed by atoms with Gasteiger partial charge in [0.05, 0.1) is 13.2 Å². The highest BCUT2D eigenvalue weighted by Gasteiger charge is 2.17. The maximum absolute atomic E-state index is 11.9. The van der Waals surface area contributed by atoms with Crippen molar-refractivity contribution >= 4 is 17.5 Å². The molecule has 1 aromatic carbocycles. The number of carbonyl (C=O) groups excluding carboxylic acids is 1. The summed E-state index contributed by atoms with van der Waals surface area (Å²) < 4.78 is 5.27. The second-order valence-corrected chi connectivity index (χ2v) is 4.95. The van der Waals surface area contributed by atoms with Gasteiger partial charge in [-0.25, -0.2) is 0 Å². The molecular formula is C14H19ClN2O2. The van der Waals surface area contributed by atoms with E-state index in [9.17, 15) is 4.79 Å². The van der Waals surface area contributed by atoms with Crippen LogP contribution >= 0.6 is 11.6 Å². The first-order valence-electron chi connectivity index (χ1n) is 6.54. The highest BCUT2D eigenvalue weighted by atomic mass is 35.5. The summed E-state index contributed by atoms with van der Waals surface area (Å²) in [5.74, 6) is -0.138. The Morgan fingerprint density at radius 2 is 2.00 bits per heavy atom. The van der Waals surface area contributed by atoms with Gasteiger partial charge in [0.15, 0.2) is 0 Å². The van der Waals surface area contributed by atoms with E-state index in [0.29, 0.717) is 6.54 Å². The summed E-state index contributed by atoms with van der Waals surface area (Å²) in [5.41, 5.74) is 0.827. The minimum absolute atomic E-state index is 0.138. The number of halogens is 1. The number of nitrogens with zero attached hydrogens (tertiary/aromatic N) is 1. The lowest BCUT2D eigenvalue weighted by molar-refractivity contribution is -0.120. The average Bonchev–Trinajstić information content (AvgIpc) is 2.48. The van der Waals surface area contributed by atoms with Gasteiger partial charge in [0.2, 0.25) is 5.91 Å². The number of morpholine rings is 1. The number of ether oxygens (including phenoxy) is 1. The Kier molecular flexibility index (Phi) is 5.63. The van der Waals surface area contributed by atoms with E-state index < -0.39 is 5.38 Å². The molecule has 2 rings (SSSR count). The third-order valence-electron chi connectivity index (χ3n) is 3.15. The lowest BCUT2D eigenvalue weighted by Gasteiger charge is -2.26. The van der Waals surface area contributed by atoms with Gasteiger partial charge in [0, 0.05) is 26.2 Å². The van der Waals surface area contributed by atoms with E-state index in [2.05, 4.69) is 10.2 Å². The fraction of sp³-hybridized carbons (Fsp3) is 0.500. The summed E-state index contributed by atoms with van der Waals surface area (Å²) in [6.45, 7) is 4.87. The van der Waals surface area contributed by atoms with E-state index in [1.54, 1.807) is 0 Å². The van der Waals surface area contributed by atoms with Crippen LogP contribution in [0.25, 0.3) is 0 Å². The van der Waals surface area contributed by atoms with Crippen LogP contribution in [-0.4, -0.2) is 50.2 Å². The molecular weight excluding hydrogens is 264 g/mol. The van der Waals surface area contributed by atoms with E-state index >= 15 is 0 Å². The van der Waals surface area contributed by atoms with Gasteiger partial charge in [0.25, 0.3) is 0 Å². The molecule has 1 aliphatic heterocycles. The van der Waals surface area contributed by atoms with Crippen molar-refractivity contribution in [3.63, 3.8) is 0 Å². The maximum Gasteiger partial charge on any atom is 0.242 e. The summed E-state index contributed by atoms with van der Waals surface area (Å²) in [6.07, 6.45) is 0. The van der Waals surface area contributed by atoms with Crippen molar-refractivity contribution in [2.45, 2.75) is 5.38 Å². The molecule has 104 valence electrons. The van der Waals surface area contributed by atoms with E-state index in [-0.39, 0.29) is 5.91 Å². The predicted octanol–water partition coefficient (Wildman–Crippen LogP) is 1.41. The molecule has 1 atom stereocenters. The van der Waals surface area contributed by atoms with Crippen LogP contribution in [-0.2, 0) is 9.53 Å².